The molecular weight excluding hydrogens is 582 g/mol. The van der Waals surface area contributed by atoms with Gasteiger partial charge in [0, 0.05) is 25.6 Å². The van der Waals surface area contributed by atoms with Gasteiger partial charge in [-0.25, -0.2) is 28.6 Å². The Morgan fingerprint density at radius 2 is 1.88 bits per heavy atom. The van der Waals surface area contributed by atoms with Crippen LogP contribution >= 0.6 is 11.6 Å². The third kappa shape index (κ3) is 6.45. The van der Waals surface area contributed by atoms with E-state index in [1.54, 1.807) is 6.08 Å². The number of nitrogens with one attached hydrogen (secondary N) is 1. The Morgan fingerprint density at radius 3 is 2.58 bits per heavy atom. The Morgan fingerprint density at radius 1 is 1.12 bits per heavy atom. The van der Waals surface area contributed by atoms with Gasteiger partial charge in [-0.1, -0.05) is 54.1 Å². The number of rotatable bonds is 8. The first-order valence-electron chi connectivity index (χ1n) is 13.5. The second-order valence-corrected chi connectivity index (χ2v) is 10.6. The molecule has 2 saturated heterocycles. The quantitative estimate of drug-likeness (QED) is 0.299. The molecule has 0 saturated carbocycles. The second-order valence-electron chi connectivity index (χ2n) is 10.2. The number of hydrogen-bond acceptors (Lipinski definition) is 6. The van der Waals surface area contributed by atoms with Crippen molar-refractivity contribution >= 4 is 29.4 Å². The van der Waals surface area contributed by atoms with Crippen LogP contribution in [0.1, 0.15) is 16.8 Å². The molecule has 43 heavy (non-hydrogen) atoms. The van der Waals surface area contributed by atoms with E-state index in [2.05, 4.69) is 16.9 Å². The summed E-state index contributed by atoms with van der Waals surface area (Å²) in [7, 11) is 0. The van der Waals surface area contributed by atoms with Crippen LogP contribution in [0.25, 0.3) is 0 Å². The third-order valence-electron chi connectivity index (χ3n) is 7.33. The van der Waals surface area contributed by atoms with E-state index in [1.165, 1.54) is 38.0 Å². The van der Waals surface area contributed by atoms with Crippen LogP contribution in [0.5, 0.6) is 5.75 Å². The van der Waals surface area contributed by atoms with Gasteiger partial charge >= 0.3 is 6.03 Å². The molecule has 0 bridgehead atoms. The number of phenols is 1. The highest BCUT2D eigenvalue weighted by atomic mass is 35.5. The molecule has 224 valence electrons. The van der Waals surface area contributed by atoms with Crippen molar-refractivity contribution in [1.29, 1.82) is 0 Å². The Hall–Kier alpha value is -4.55. The Balaban J connectivity index is 1.52. The number of urea groups is 1. The molecule has 0 spiro atoms. The fourth-order valence-corrected chi connectivity index (χ4v) is 5.52. The molecule has 13 heteroatoms. The topological polar surface area (TPSA) is 109 Å². The van der Waals surface area contributed by atoms with Crippen LogP contribution in [0.4, 0.5) is 13.6 Å². The molecule has 0 aliphatic carbocycles. The van der Waals surface area contributed by atoms with E-state index in [-0.39, 0.29) is 61.3 Å². The minimum atomic E-state index is -1.20. The van der Waals surface area contributed by atoms with E-state index >= 15 is 0 Å². The normalized spacial score (nSPS) is 18.9. The fraction of sp³-hybridized carbons (Fsp3) is 0.267. The highest BCUT2D eigenvalue weighted by Crippen LogP contribution is 2.30. The van der Waals surface area contributed by atoms with E-state index in [1.807, 2.05) is 30.3 Å². The first-order valence-corrected chi connectivity index (χ1v) is 13.9. The molecule has 4 amide bonds. The molecule has 2 fully saturated rings. The SMILES string of the molecule is C=CCN1CC(=O)N2C(CN(Cc3ccc(F)c(Cl)n3)C(=O)[C@@H]2Cc2ccc(O)cc2F)N1C(=O)NCc1ccccc1. The summed E-state index contributed by atoms with van der Waals surface area (Å²) in [6.07, 6.45) is 0.359. The first kappa shape index (κ1) is 29.9. The lowest BCUT2D eigenvalue weighted by Gasteiger charge is -2.55. The maximum atomic E-state index is 14.9. The van der Waals surface area contributed by atoms with E-state index in [0.29, 0.717) is 0 Å². The monoisotopic (exact) mass is 610 g/mol. The molecule has 3 aromatic rings. The number of carbonyl (C=O) groups excluding carboxylic acids is 3. The molecule has 3 heterocycles. The minimum Gasteiger partial charge on any atom is -0.508 e. The minimum absolute atomic E-state index is 0.0982. The summed E-state index contributed by atoms with van der Waals surface area (Å²) in [5.74, 6) is -2.70. The molecule has 2 aliphatic rings. The molecule has 2 aliphatic heterocycles. The van der Waals surface area contributed by atoms with E-state index < -0.39 is 41.7 Å². The lowest BCUT2D eigenvalue weighted by atomic mass is 9.98. The van der Waals surface area contributed by atoms with Crippen molar-refractivity contribution in [3.05, 3.63) is 107 Å². The standard InChI is InChI=1S/C30H29ClF2N6O4/c1-2-12-37-18-27(41)38-25(13-20-8-10-22(40)14-24(20)33)29(42)36(16-21-9-11-23(32)28(31)35-21)17-26(38)39(37)30(43)34-15-19-6-4-3-5-7-19/h2-11,14,25-26,40H,1,12-13,15-18H2,(H,34,43)/t25-,26?/m0/s1. The lowest BCUT2D eigenvalue weighted by molar-refractivity contribution is -0.189. The van der Waals surface area contributed by atoms with Crippen molar-refractivity contribution in [3.63, 3.8) is 0 Å². The van der Waals surface area contributed by atoms with Crippen LogP contribution < -0.4 is 5.32 Å². The number of carbonyl (C=O) groups is 3. The molecule has 0 radical (unpaired) electrons. The lowest BCUT2D eigenvalue weighted by Crippen LogP contribution is -2.76. The van der Waals surface area contributed by atoms with Gasteiger partial charge in [0.2, 0.25) is 11.8 Å². The van der Waals surface area contributed by atoms with Crippen molar-refractivity contribution in [2.24, 2.45) is 0 Å². The summed E-state index contributed by atoms with van der Waals surface area (Å²) in [5, 5.41) is 15.1. The number of aromatic nitrogens is 1. The first-order chi connectivity index (χ1) is 20.7. The van der Waals surface area contributed by atoms with Gasteiger partial charge in [-0.05, 0) is 29.3 Å². The average Bonchev–Trinajstić information content (AvgIpc) is 2.98. The van der Waals surface area contributed by atoms with Gasteiger partial charge in [0.15, 0.2) is 11.0 Å². The average molecular weight is 611 g/mol. The molecule has 10 nitrogen and oxygen atoms in total. The molecular formula is C30H29ClF2N6O4. The maximum Gasteiger partial charge on any atom is 0.334 e. The maximum absolute atomic E-state index is 14.9. The van der Waals surface area contributed by atoms with Gasteiger partial charge in [-0.15, -0.1) is 6.58 Å². The summed E-state index contributed by atoms with van der Waals surface area (Å²) >= 11 is 5.89. The highest BCUT2D eigenvalue weighted by molar-refractivity contribution is 6.29. The van der Waals surface area contributed by atoms with Crippen molar-refractivity contribution in [2.45, 2.75) is 31.7 Å². The van der Waals surface area contributed by atoms with Crippen molar-refractivity contribution < 1.29 is 28.3 Å². The molecule has 2 N–H and O–H groups in total. The Kier molecular flexibility index (Phi) is 8.88. The number of phenolic OH excluding ortho intramolecular Hbond substituents is 1. The van der Waals surface area contributed by atoms with Crippen molar-refractivity contribution in [2.75, 3.05) is 19.6 Å². The van der Waals surface area contributed by atoms with Gasteiger partial charge in [0.1, 0.15) is 23.8 Å². The predicted molar refractivity (Wildman–Crippen MR) is 153 cm³/mol. The summed E-state index contributed by atoms with van der Waals surface area (Å²) in [6, 6.07) is 13.6. The molecule has 1 aromatic heterocycles. The van der Waals surface area contributed by atoms with E-state index in [0.717, 1.165) is 17.7 Å². The smallest absolute Gasteiger partial charge is 0.334 e. The predicted octanol–water partition coefficient (Wildman–Crippen LogP) is 3.46. The van der Waals surface area contributed by atoms with Gasteiger partial charge < -0.3 is 20.2 Å². The summed E-state index contributed by atoms with van der Waals surface area (Å²) in [6.45, 7) is 3.69. The number of amides is 4. The molecule has 1 unspecified atom stereocenters. The summed E-state index contributed by atoms with van der Waals surface area (Å²) in [4.78, 5) is 48.0. The molecule has 5 rings (SSSR count). The zero-order chi connectivity index (χ0) is 30.7. The zero-order valence-corrected chi connectivity index (χ0v) is 23.8. The summed E-state index contributed by atoms with van der Waals surface area (Å²) < 4.78 is 28.7. The van der Waals surface area contributed by atoms with Crippen LogP contribution in [0.15, 0.2) is 73.3 Å². The van der Waals surface area contributed by atoms with Crippen LogP contribution in [0.3, 0.4) is 0 Å². The van der Waals surface area contributed by atoms with E-state index in [4.69, 9.17) is 11.6 Å². The van der Waals surface area contributed by atoms with Gasteiger partial charge in [0.25, 0.3) is 0 Å². The largest absolute Gasteiger partial charge is 0.508 e. The Labute approximate surface area is 251 Å². The number of halogens is 3. The van der Waals surface area contributed by atoms with Crippen LogP contribution in [0, 0.1) is 11.6 Å². The number of nitrogens with zero attached hydrogens (tertiary/aromatic N) is 5. The number of piperazine rings is 1. The number of benzene rings is 2. The van der Waals surface area contributed by atoms with Gasteiger partial charge in [-0.3, -0.25) is 9.59 Å². The number of aromatic hydroxyl groups is 1. The van der Waals surface area contributed by atoms with Crippen LogP contribution in [-0.2, 0) is 29.1 Å². The van der Waals surface area contributed by atoms with Gasteiger partial charge in [-0.2, -0.15) is 0 Å². The third-order valence-corrected chi connectivity index (χ3v) is 7.59. The van der Waals surface area contributed by atoms with Crippen LogP contribution in [0.2, 0.25) is 5.15 Å². The van der Waals surface area contributed by atoms with Crippen molar-refractivity contribution in [1.82, 2.24) is 30.1 Å². The highest BCUT2D eigenvalue weighted by Gasteiger charge is 2.51. The summed E-state index contributed by atoms with van der Waals surface area (Å²) in [5.41, 5.74) is 1.24. The second kappa shape index (κ2) is 12.8. The Bertz CT molecular complexity index is 1540. The number of pyridine rings is 1. The number of fused-ring (bicyclic) bond motifs is 1. The van der Waals surface area contributed by atoms with Crippen molar-refractivity contribution in [3.8, 4) is 5.75 Å². The molecule has 2 aromatic carbocycles. The van der Waals surface area contributed by atoms with Gasteiger partial charge in [0.05, 0.1) is 25.3 Å². The zero-order valence-electron chi connectivity index (χ0n) is 23.0. The fourth-order valence-electron chi connectivity index (χ4n) is 5.35. The van der Waals surface area contributed by atoms with Crippen LogP contribution in [-0.4, -0.2) is 79.6 Å². The molecule has 2 atom stereocenters. The number of hydrogen-bond donors (Lipinski definition) is 2. The number of hydrazine groups is 1. The van der Waals surface area contributed by atoms with E-state index in [9.17, 15) is 28.3 Å².